The van der Waals surface area contributed by atoms with Crippen molar-refractivity contribution in [3.05, 3.63) is 0 Å². The van der Waals surface area contributed by atoms with Crippen molar-refractivity contribution in [3.8, 4) is 0 Å². The van der Waals surface area contributed by atoms with Crippen LogP contribution in [0.4, 0.5) is 0 Å². The molecule has 3 nitrogen and oxygen atoms in total. The normalized spacial score (nSPS) is 18.6. The summed E-state index contributed by atoms with van der Waals surface area (Å²) in [6.07, 6.45) is 2.29. The van der Waals surface area contributed by atoms with Gasteiger partial charge in [0, 0.05) is 13.0 Å². The highest BCUT2D eigenvalue weighted by molar-refractivity contribution is 6.28. The van der Waals surface area contributed by atoms with Gasteiger partial charge in [-0.3, -0.25) is 14.5 Å². The first-order valence-electron chi connectivity index (χ1n) is 3.65. The van der Waals surface area contributed by atoms with Gasteiger partial charge in [0.05, 0.1) is 0 Å². The molecule has 4 heteroatoms. The van der Waals surface area contributed by atoms with Gasteiger partial charge in [-0.2, -0.15) is 0 Å². The molecule has 2 amide bonds. The Morgan fingerprint density at radius 1 is 1.55 bits per heavy atom. The molecular weight excluding hydrogens is 166 g/mol. The lowest BCUT2D eigenvalue weighted by atomic mass is 10.1. The lowest BCUT2D eigenvalue weighted by molar-refractivity contribution is -0.145. The third kappa shape index (κ3) is 1.93. The summed E-state index contributed by atoms with van der Waals surface area (Å²) in [5, 5.41) is 0. The van der Waals surface area contributed by atoms with E-state index < -0.39 is 0 Å². The number of hydrogen-bond acceptors (Lipinski definition) is 2. The molecule has 0 aliphatic carbocycles. The van der Waals surface area contributed by atoms with Crippen molar-refractivity contribution < 1.29 is 9.59 Å². The molecule has 1 aliphatic heterocycles. The zero-order valence-corrected chi connectivity index (χ0v) is 6.93. The number of alkyl halides is 1. The molecule has 1 fully saturated rings. The number of carbonyl (C=O) groups excluding carboxylic acids is 2. The van der Waals surface area contributed by atoms with Crippen LogP contribution in [0, 0.1) is 0 Å². The minimum absolute atomic E-state index is 0.0816. The van der Waals surface area contributed by atoms with Crippen LogP contribution in [0.2, 0.25) is 0 Å². The molecule has 0 atom stereocenters. The Balaban J connectivity index is 2.54. The molecule has 0 unspecified atom stereocenters. The molecule has 0 radical (unpaired) electrons. The average Bonchev–Trinajstić information content (AvgIpc) is 2.04. The maximum atomic E-state index is 11.0. The Morgan fingerprint density at radius 2 is 2.27 bits per heavy atom. The Hall–Kier alpha value is -0.570. The molecule has 0 aromatic heterocycles. The molecule has 0 spiro atoms. The van der Waals surface area contributed by atoms with Gasteiger partial charge in [-0.05, 0) is 12.8 Å². The zero-order chi connectivity index (χ0) is 8.27. The quantitative estimate of drug-likeness (QED) is 0.552. The van der Waals surface area contributed by atoms with Crippen molar-refractivity contribution in [1.29, 1.82) is 0 Å². The van der Waals surface area contributed by atoms with Gasteiger partial charge in [-0.25, -0.2) is 0 Å². The van der Waals surface area contributed by atoms with Crippen LogP contribution in [0.15, 0.2) is 0 Å². The van der Waals surface area contributed by atoms with Gasteiger partial charge in [0.15, 0.2) is 0 Å². The van der Waals surface area contributed by atoms with Crippen molar-refractivity contribution in [3.63, 3.8) is 0 Å². The van der Waals surface area contributed by atoms with E-state index >= 15 is 0 Å². The van der Waals surface area contributed by atoms with Gasteiger partial charge in [0.25, 0.3) is 0 Å². The number of imide groups is 1. The van der Waals surface area contributed by atoms with E-state index in [0.29, 0.717) is 13.0 Å². The minimum Gasteiger partial charge on any atom is -0.282 e. The van der Waals surface area contributed by atoms with Crippen LogP contribution < -0.4 is 0 Å². The number of rotatable bonds is 1. The van der Waals surface area contributed by atoms with E-state index in [2.05, 4.69) is 0 Å². The average molecular weight is 176 g/mol. The van der Waals surface area contributed by atoms with Crippen molar-refractivity contribution in [1.82, 2.24) is 4.90 Å². The minimum atomic E-state index is -0.267. The number of likely N-dealkylation sites (tertiary alicyclic amines) is 1. The van der Waals surface area contributed by atoms with Crippen LogP contribution in [0.1, 0.15) is 19.3 Å². The summed E-state index contributed by atoms with van der Waals surface area (Å²) < 4.78 is 0. The second-order valence-corrected chi connectivity index (χ2v) is 2.80. The van der Waals surface area contributed by atoms with Crippen molar-refractivity contribution in [2.45, 2.75) is 19.3 Å². The number of nitrogens with zero attached hydrogens (tertiary/aromatic N) is 1. The number of piperidine rings is 1. The van der Waals surface area contributed by atoms with Gasteiger partial charge < -0.3 is 0 Å². The predicted octanol–water partition coefficient (Wildman–Crippen LogP) is 0.764. The van der Waals surface area contributed by atoms with E-state index in [1.54, 1.807) is 0 Å². The molecule has 1 saturated heterocycles. The lowest BCUT2D eigenvalue weighted by Crippen LogP contribution is -2.40. The molecule has 1 aliphatic rings. The molecule has 1 heterocycles. The van der Waals surface area contributed by atoms with E-state index in [1.165, 1.54) is 4.90 Å². The van der Waals surface area contributed by atoms with Crippen LogP contribution in [0.5, 0.6) is 0 Å². The molecule has 0 bridgehead atoms. The monoisotopic (exact) mass is 175 g/mol. The summed E-state index contributed by atoms with van der Waals surface area (Å²) in [5.41, 5.74) is 0. The van der Waals surface area contributed by atoms with E-state index in [9.17, 15) is 9.59 Å². The smallest absolute Gasteiger partial charge is 0.244 e. The summed E-state index contributed by atoms with van der Waals surface area (Å²) in [6, 6.07) is 0. The maximum absolute atomic E-state index is 11.0. The number of halogens is 1. The van der Waals surface area contributed by atoms with Gasteiger partial charge in [-0.1, -0.05) is 0 Å². The van der Waals surface area contributed by atoms with Crippen LogP contribution in [0.3, 0.4) is 0 Å². The summed E-state index contributed by atoms with van der Waals surface area (Å²) in [5.74, 6) is -0.440. The SMILES string of the molecule is O=C(CCl)N1CCCCC1=O. The van der Waals surface area contributed by atoms with Crippen LogP contribution in [-0.4, -0.2) is 29.1 Å². The second kappa shape index (κ2) is 3.72. The molecule has 0 aromatic rings. The van der Waals surface area contributed by atoms with Crippen molar-refractivity contribution in [2.75, 3.05) is 12.4 Å². The third-order valence-corrected chi connectivity index (χ3v) is 1.97. The number of carbonyl (C=O) groups is 2. The van der Waals surface area contributed by atoms with Gasteiger partial charge in [-0.15, -0.1) is 11.6 Å². The van der Waals surface area contributed by atoms with E-state index in [-0.39, 0.29) is 17.7 Å². The third-order valence-electron chi connectivity index (χ3n) is 1.74. The summed E-state index contributed by atoms with van der Waals surface area (Å²) in [7, 11) is 0. The highest BCUT2D eigenvalue weighted by Gasteiger charge is 2.22. The van der Waals surface area contributed by atoms with E-state index in [4.69, 9.17) is 11.6 Å². The zero-order valence-electron chi connectivity index (χ0n) is 6.18. The molecule has 11 heavy (non-hydrogen) atoms. The fourth-order valence-corrected chi connectivity index (χ4v) is 1.29. The van der Waals surface area contributed by atoms with Gasteiger partial charge >= 0.3 is 0 Å². The molecule has 0 aromatic carbocycles. The Bertz CT molecular complexity index is 173. The van der Waals surface area contributed by atoms with Crippen LogP contribution >= 0.6 is 11.6 Å². The Kier molecular flexibility index (Phi) is 2.88. The summed E-state index contributed by atoms with van der Waals surface area (Å²) >= 11 is 5.31. The first-order chi connectivity index (χ1) is 5.25. The standard InChI is InChI=1S/C7H10ClNO2/c8-5-7(11)9-4-2-1-3-6(9)10/h1-5H2. The number of amides is 2. The molecule has 1 rings (SSSR count). The van der Waals surface area contributed by atoms with E-state index in [1.807, 2.05) is 0 Å². The fraction of sp³-hybridized carbons (Fsp3) is 0.714. The van der Waals surface area contributed by atoms with Gasteiger partial charge in [0.2, 0.25) is 11.8 Å². The maximum Gasteiger partial charge on any atom is 0.244 e. The first-order valence-corrected chi connectivity index (χ1v) is 4.18. The predicted molar refractivity (Wildman–Crippen MR) is 41.3 cm³/mol. The van der Waals surface area contributed by atoms with E-state index in [0.717, 1.165) is 12.8 Å². The molecular formula is C7H10ClNO2. The van der Waals surface area contributed by atoms with Crippen LogP contribution in [0.25, 0.3) is 0 Å². The highest BCUT2D eigenvalue weighted by atomic mass is 35.5. The largest absolute Gasteiger partial charge is 0.282 e. The second-order valence-electron chi connectivity index (χ2n) is 2.53. The van der Waals surface area contributed by atoms with Crippen LogP contribution in [-0.2, 0) is 9.59 Å². The lowest BCUT2D eigenvalue weighted by Gasteiger charge is -2.23. The summed E-state index contributed by atoms with van der Waals surface area (Å²) in [4.78, 5) is 23.2. The van der Waals surface area contributed by atoms with Gasteiger partial charge in [0.1, 0.15) is 5.88 Å². The molecule has 62 valence electrons. The highest BCUT2D eigenvalue weighted by Crippen LogP contribution is 2.10. The first kappa shape index (κ1) is 8.53. The Morgan fingerprint density at radius 3 is 2.82 bits per heavy atom. The molecule has 0 saturated carbocycles. The fourth-order valence-electron chi connectivity index (χ4n) is 1.14. The number of hydrogen-bond donors (Lipinski definition) is 0. The topological polar surface area (TPSA) is 37.4 Å². The van der Waals surface area contributed by atoms with Crippen molar-refractivity contribution >= 4 is 23.4 Å². The summed E-state index contributed by atoms with van der Waals surface area (Å²) in [6.45, 7) is 0.546. The van der Waals surface area contributed by atoms with Crippen molar-refractivity contribution in [2.24, 2.45) is 0 Å². The molecule has 0 N–H and O–H groups in total. The Labute approximate surface area is 70.3 Å².